The Morgan fingerprint density at radius 3 is 2.70 bits per heavy atom. The maximum absolute atomic E-state index is 12.5. The van der Waals surface area contributed by atoms with Crippen LogP contribution in [0.2, 0.25) is 0 Å². The lowest BCUT2D eigenvalue weighted by Gasteiger charge is -2.09. The van der Waals surface area contributed by atoms with Crippen LogP contribution in [0, 0.1) is 0 Å². The first-order chi connectivity index (χ1) is 13.0. The molecule has 5 nitrogen and oxygen atoms in total. The maximum atomic E-state index is 12.5. The molecular weight excluding hydrogens is 340 g/mol. The van der Waals surface area contributed by atoms with E-state index >= 15 is 0 Å². The second-order valence-electron chi connectivity index (χ2n) is 7.29. The third-order valence-electron chi connectivity index (χ3n) is 5.07. The van der Waals surface area contributed by atoms with E-state index in [2.05, 4.69) is 31.0 Å². The first-order valence-corrected chi connectivity index (χ1v) is 9.32. The van der Waals surface area contributed by atoms with Gasteiger partial charge in [-0.1, -0.05) is 38.1 Å². The first-order valence-electron chi connectivity index (χ1n) is 9.32. The molecule has 0 atom stereocenters. The molecule has 5 heteroatoms. The number of aromatic nitrogens is 2. The normalized spacial score (nSPS) is 13.1. The van der Waals surface area contributed by atoms with Crippen LogP contribution in [0.3, 0.4) is 0 Å². The standard InChI is InChI=1S/C22H22N2O3/c1-14(2)16-7-5-15(6-8-16)13-27-22(26)17-9-10-18-19(12-17)23-20-4-3-11-24(20)21(18)25/h5-10,12,14H,3-4,11,13H2,1-2H3. The summed E-state index contributed by atoms with van der Waals surface area (Å²) in [6, 6.07) is 13.0. The Morgan fingerprint density at radius 2 is 1.96 bits per heavy atom. The van der Waals surface area contributed by atoms with Gasteiger partial charge < -0.3 is 4.74 Å². The molecule has 0 radical (unpaired) electrons. The van der Waals surface area contributed by atoms with E-state index in [1.165, 1.54) is 5.56 Å². The number of aryl methyl sites for hydroxylation is 1. The van der Waals surface area contributed by atoms with Crippen molar-refractivity contribution in [2.75, 3.05) is 0 Å². The molecule has 1 aliphatic heterocycles. The topological polar surface area (TPSA) is 61.2 Å². The molecule has 0 aliphatic carbocycles. The van der Waals surface area contributed by atoms with Gasteiger partial charge in [0, 0.05) is 13.0 Å². The fourth-order valence-corrected chi connectivity index (χ4v) is 3.44. The number of ether oxygens (including phenoxy) is 1. The zero-order valence-electron chi connectivity index (χ0n) is 15.6. The molecule has 4 rings (SSSR count). The maximum Gasteiger partial charge on any atom is 0.338 e. The van der Waals surface area contributed by atoms with Crippen LogP contribution in [0.5, 0.6) is 0 Å². The van der Waals surface area contributed by atoms with Crippen LogP contribution >= 0.6 is 0 Å². The average molecular weight is 362 g/mol. The molecule has 3 aromatic rings. The van der Waals surface area contributed by atoms with Crippen molar-refractivity contribution in [1.82, 2.24) is 9.55 Å². The fraction of sp³-hybridized carbons (Fsp3) is 0.318. The summed E-state index contributed by atoms with van der Waals surface area (Å²) in [7, 11) is 0. The molecule has 1 aromatic heterocycles. The van der Waals surface area contributed by atoms with Crippen LogP contribution in [-0.2, 0) is 24.3 Å². The predicted molar refractivity (Wildman–Crippen MR) is 104 cm³/mol. The lowest BCUT2D eigenvalue weighted by molar-refractivity contribution is 0.0473. The Morgan fingerprint density at radius 1 is 1.19 bits per heavy atom. The van der Waals surface area contributed by atoms with Crippen molar-refractivity contribution in [3.8, 4) is 0 Å². The van der Waals surface area contributed by atoms with Crippen LogP contribution in [0.25, 0.3) is 10.9 Å². The summed E-state index contributed by atoms with van der Waals surface area (Å²) in [5.74, 6) is 0.854. The van der Waals surface area contributed by atoms with Gasteiger partial charge in [0.25, 0.3) is 5.56 Å². The van der Waals surface area contributed by atoms with Gasteiger partial charge >= 0.3 is 5.97 Å². The van der Waals surface area contributed by atoms with Crippen molar-refractivity contribution < 1.29 is 9.53 Å². The SMILES string of the molecule is CC(C)c1ccc(COC(=O)c2ccc3c(=O)n4c(nc3c2)CCC4)cc1. The second kappa shape index (κ2) is 6.99. The van der Waals surface area contributed by atoms with E-state index in [0.717, 1.165) is 30.8 Å². The Bertz CT molecular complexity index is 1070. The third-order valence-corrected chi connectivity index (χ3v) is 5.07. The number of carbonyl (C=O) groups is 1. The number of fused-ring (bicyclic) bond motifs is 2. The van der Waals surface area contributed by atoms with Crippen LogP contribution in [0.4, 0.5) is 0 Å². The molecular formula is C22H22N2O3. The monoisotopic (exact) mass is 362 g/mol. The summed E-state index contributed by atoms with van der Waals surface area (Å²) in [6.07, 6.45) is 1.73. The molecule has 27 heavy (non-hydrogen) atoms. The summed E-state index contributed by atoms with van der Waals surface area (Å²) >= 11 is 0. The highest BCUT2D eigenvalue weighted by Gasteiger charge is 2.17. The number of benzene rings is 2. The zero-order chi connectivity index (χ0) is 19.0. The van der Waals surface area contributed by atoms with Gasteiger partial charge in [0.05, 0.1) is 16.5 Å². The van der Waals surface area contributed by atoms with E-state index in [9.17, 15) is 9.59 Å². The molecule has 2 aromatic carbocycles. The Balaban J connectivity index is 1.52. The first kappa shape index (κ1) is 17.5. The van der Waals surface area contributed by atoms with Gasteiger partial charge in [-0.2, -0.15) is 0 Å². The van der Waals surface area contributed by atoms with E-state index in [1.807, 2.05) is 12.1 Å². The summed E-state index contributed by atoms with van der Waals surface area (Å²) in [6.45, 7) is 5.22. The minimum Gasteiger partial charge on any atom is -0.457 e. The predicted octanol–water partition coefficient (Wildman–Crippen LogP) is 3.82. The van der Waals surface area contributed by atoms with E-state index in [-0.39, 0.29) is 12.2 Å². The van der Waals surface area contributed by atoms with Gasteiger partial charge in [0.15, 0.2) is 0 Å². The van der Waals surface area contributed by atoms with Crippen molar-refractivity contribution in [1.29, 1.82) is 0 Å². The smallest absolute Gasteiger partial charge is 0.338 e. The van der Waals surface area contributed by atoms with Crippen LogP contribution in [0.15, 0.2) is 47.3 Å². The molecule has 0 bridgehead atoms. The fourth-order valence-electron chi connectivity index (χ4n) is 3.44. The average Bonchev–Trinajstić information content (AvgIpc) is 3.15. The number of esters is 1. The van der Waals surface area contributed by atoms with E-state index < -0.39 is 5.97 Å². The van der Waals surface area contributed by atoms with Crippen molar-refractivity contribution in [2.45, 2.75) is 45.8 Å². The molecule has 0 N–H and O–H groups in total. The Labute approximate surface area is 157 Å². The highest BCUT2D eigenvalue weighted by atomic mass is 16.5. The number of rotatable bonds is 4. The van der Waals surface area contributed by atoms with Gasteiger partial charge in [-0.05, 0) is 41.7 Å². The highest BCUT2D eigenvalue weighted by molar-refractivity contribution is 5.94. The molecule has 0 saturated heterocycles. The van der Waals surface area contributed by atoms with Crippen LogP contribution in [-0.4, -0.2) is 15.5 Å². The van der Waals surface area contributed by atoms with E-state index in [0.29, 0.717) is 22.4 Å². The van der Waals surface area contributed by atoms with Gasteiger partial charge in [-0.3, -0.25) is 9.36 Å². The number of hydrogen-bond donors (Lipinski definition) is 0. The number of carbonyl (C=O) groups excluding carboxylic acids is 1. The number of nitrogens with zero attached hydrogens (tertiary/aromatic N) is 2. The highest BCUT2D eigenvalue weighted by Crippen LogP contribution is 2.18. The molecule has 0 unspecified atom stereocenters. The molecule has 1 aliphatic rings. The zero-order valence-corrected chi connectivity index (χ0v) is 15.6. The molecule has 0 amide bonds. The lowest BCUT2D eigenvalue weighted by atomic mass is 10.0. The summed E-state index contributed by atoms with van der Waals surface area (Å²) < 4.78 is 7.16. The summed E-state index contributed by atoms with van der Waals surface area (Å²) in [4.78, 5) is 29.5. The van der Waals surface area contributed by atoms with Gasteiger partial charge in [0.2, 0.25) is 0 Å². The van der Waals surface area contributed by atoms with Crippen LogP contribution < -0.4 is 5.56 Å². The van der Waals surface area contributed by atoms with Gasteiger partial charge in [-0.25, -0.2) is 9.78 Å². The minimum atomic E-state index is -0.410. The Hall–Kier alpha value is -2.95. The van der Waals surface area contributed by atoms with Crippen molar-refractivity contribution in [3.05, 3.63) is 75.3 Å². The largest absolute Gasteiger partial charge is 0.457 e. The molecule has 0 fully saturated rings. The van der Waals surface area contributed by atoms with Crippen LogP contribution in [0.1, 0.15) is 53.5 Å². The second-order valence-corrected chi connectivity index (χ2v) is 7.29. The molecule has 0 saturated carbocycles. The van der Waals surface area contributed by atoms with Crippen molar-refractivity contribution in [3.63, 3.8) is 0 Å². The van der Waals surface area contributed by atoms with E-state index in [1.54, 1.807) is 22.8 Å². The summed E-state index contributed by atoms with van der Waals surface area (Å²) in [5, 5.41) is 0.543. The minimum absolute atomic E-state index is 0.0299. The molecule has 138 valence electrons. The van der Waals surface area contributed by atoms with E-state index in [4.69, 9.17) is 4.74 Å². The molecule has 2 heterocycles. The van der Waals surface area contributed by atoms with Crippen molar-refractivity contribution in [2.24, 2.45) is 0 Å². The summed E-state index contributed by atoms with van der Waals surface area (Å²) in [5.41, 5.74) is 3.14. The Kier molecular flexibility index (Phi) is 4.52. The lowest BCUT2D eigenvalue weighted by Crippen LogP contribution is -2.21. The number of hydrogen-bond acceptors (Lipinski definition) is 4. The van der Waals surface area contributed by atoms with Crippen molar-refractivity contribution >= 4 is 16.9 Å². The van der Waals surface area contributed by atoms with Gasteiger partial charge in [-0.15, -0.1) is 0 Å². The molecule has 0 spiro atoms. The third kappa shape index (κ3) is 3.37. The quantitative estimate of drug-likeness (QED) is 0.662. The van der Waals surface area contributed by atoms with Gasteiger partial charge in [0.1, 0.15) is 12.4 Å².